The van der Waals surface area contributed by atoms with E-state index in [1.54, 1.807) is 6.20 Å². The molecule has 0 unspecified atom stereocenters. The third-order valence-corrected chi connectivity index (χ3v) is 5.39. The number of carboxylic acids is 2. The van der Waals surface area contributed by atoms with Crippen LogP contribution < -0.4 is 20.9 Å². The molecule has 2 rings (SSSR count). The molecule has 168 valence electrons. The molecule has 0 saturated carbocycles. The van der Waals surface area contributed by atoms with Crippen LogP contribution in [-0.4, -0.2) is 45.8 Å². The largest absolute Gasteiger partial charge is 0.495 e. The first-order valence-corrected chi connectivity index (χ1v) is 10.3. The molecular formula is C20H25BrN4O6. The fraction of sp³-hybridized carbons (Fsp3) is 0.400. The van der Waals surface area contributed by atoms with Crippen LogP contribution in [0, 0.1) is 5.92 Å². The van der Waals surface area contributed by atoms with Crippen molar-refractivity contribution in [1.29, 1.82) is 0 Å². The van der Waals surface area contributed by atoms with E-state index in [0.29, 0.717) is 40.8 Å². The number of aromatic nitrogens is 2. The fourth-order valence-electron chi connectivity index (χ4n) is 2.97. The van der Waals surface area contributed by atoms with Gasteiger partial charge >= 0.3 is 11.9 Å². The summed E-state index contributed by atoms with van der Waals surface area (Å²) in [6.07, 6.45) is 2.67. The van der Waals surface area contributed by atoms with Gasteiger partial charge in [-0.05, 0) is 52.9 Å². The van der Waals surface area contributed by atoms with Crippen molar-refractivity contribution < 1.29 is 29.3 Å². The van der Waals surface area contributed by atoms with Gasteiger partial charge in [-0.15, -0.1) is 0 Å². The van der Waals surface area contributed by atoms with E-state index < -0.39 is 17.9 Å². The lowest BCUT2D eigenvalue weighted by molar-refractivity contribution is -0.143. The van der Waals surface area contributed by atoms with Crippen LogP contribution in [0.25, 0.3) is 0 Å². The summed E-state index contributed by atoms with van der Waals surface area (Å²) >= 11 is 3.45. The Labute approximate surface area is 187 Å². The minimum atomic E-state index is -1.01. The summed E-state index contributed by atoms with van der Waals surface area (Å²) < 4.78 is 11.9. The minimum absolute atomic E-state index is 0.0861. The molecule has 1 aromatic heterocycles. The Kier molecular flexibility index (Phi) is 8.86. The van der Waals surface area contributed by atoms with Crippen molar-refractivity contribution in [1.82, 2.24) is 9.97 Å². The molecule has 0 spiro atoms. The Balaban J connectivity index is 2.05. The lowest BCUT2D eigenvalue weighted by Crippen LogP contribution is -2.16. The number of rotatable bonds is 12. The first-order chi connectivity index (χ1) is 14.7. The monoisotopic (exact) mass is 496 g/mol. The van der Waals surface area contributed by atoms with Crippen LogP contribution in [0.2, 0.25) is 0 Å². The van der Waals surface area contributed by atoms with Gasteiger partial charge in [0.1, 0.15) is 21.8 Å². The van der Waals surface area contributed by atoms with Gasteiger partial charge in [-0.25, -0.2) is 4.98 Å². The average Bonchev–Trinajstić information content (AvgIpc) is 2.70. The first kappa shape index (κ1) is 24.2. The number of ether oxygens (including phenoxy) is 2. The maximum Gasteiger partial charge on any atom is 0.306 e. The highest BCUT2D eigenvalue weighted by Crippen LogP contribution is 2.37. The number of carboxylic acid groups (broad SMARTS) is 2. The lowest BCUT2D eigenvalue weighted by atomic mass is 9.98. The molecule has 0 aliphatic rings. The van der Waals surface area contributed by atoms with E-state index in [4.69, 9.17) is 26.0 Å². The Hall–Kier alpha value is -3.08. The van der Waals surface area contributed by atoms with Crippen molar-refractivity contribution in [3.63, 3.8) is 0 Å². The molecule has 6 N–H and O–H groups in total. The summed E-state index contributed by atoms with van der Waals surface area (Å²) in [6.45, 7) is 0.259. The molecule has 11 heteroatoms. The molecule has 1 aromatic carbocycles. The average molecular weight is 497 g/mol. The third-order valence-electron chi connectivity index (χ3n) is 4.61. The summed E-state index contributed by atoms with van der Waals surface area (Å²) in [6, 6.07) is 3.65. The molecule has 0 bridgehead atoms. The number of nitrogen functional groups attached to an aromatic ring is 2. The van der Waals surface area contributed by atoms with E-state index in [1.807, 2.05) is 12.1 Å². The lowest BCUT2D eigenvalue weighted by Gasteiger charge is -2.15. The zero-order chi connectivity index (χ0) is 23.0. The molecule has 31 heavy (non-hydrogen) atoms. The van der Waals surface area contributed by atoms with Gasteiger partial charge in [0.2, 0.25) is 5.95 Å². The van der Waals surface area contributed by atoms with E-state index in [2.05, 4.69) is 25.9 Å². The van der Waals surface area contributed by atoms with Crippen LogP contribution in [0.1, 0.15) is 36.8 Å². The van der Waals surface area contributed by atoms with Crippen molar-refractivity contribution in [2.45, 2.75) is 32.1 Å². The zero-order valence-corrected chi connectivity index (χ0v) is 18.6. The zero-order valence-electron chi connectivity index (χ0n) is 17.0. The first-order valence-electron chi connectivity index (χ1n) is 9.52. The smallest absolute Gasteiger partial charge is 0.306 e. The second kappa shape index (κ2) is 11.3. The third kappa shape index (κ3) is 7.28. The number of hydrogen-bond acceptors (Lipinski definition) is 8. The van der Waals surface area contributed by atoms with Crippen LogP contribution >= 0.6 is 15.9 Å². The summed E-state index contributed by atoms with van der Waals surface area (Å²) in [5, 5.41) is 18.0. The Morgan fingerprint density at radius 1 is 1.19 bits per heavy atom. The predicted octanol–water partition coefficient (Wildman–Crippen LogP) is 2.73. The van der Waals surface area contributed by atoms with Gasteiger partial charge in [0.05, 0.1) is 19.6 Å². The van der Waals surface area contributed by atoms with Gasteiger partial charge in [-0.3, -0.25) is 9.59 Å². The van der Waals surface area contributed by atoms with Gasteiger partial charge in [-0.1, -0.05) is 0 Å². The van der Waals surface area contributed by atoms with Crippen molar-refractivity contribution in [3.8, 4) is 11.5 Å². The number of nitrogens with zero attached hydrogens (tertiary/aromatic N) is 2. The van der Waals surface area contributed by atoms with E-state index >= 15 is 0 Å². The van der Waals surface area contributed by atoms with Crippen LogP contribution in [0.3, 0.4) is 0 Å². The normalized spacial score (nSPS) is 11.7. The maximum absolute atomic E-state index is 11.3. The minimum Gasteiger partial charge on any atom is -0.495 e. The highest BCUT2D eigenvalue weighted by Gasteiger charge is 2.19. The second-order valence-electron chi connectivity index (χ2n) is 6.88. The summed E-state index contributed by atoms with van der Waals surface area (Å²) in [7, 11) is 1.54. The molecule has 0 radical (unpaired) electrons. The fourth-order valence-corrected chi connectivity index (χ4v) is 3.48. The van der Waals surface area contributed by atoms with Crippen LogP contribution in [0.5, 0.6) is 11.5 Å². The predicted molar refractivity (Wildman–Crippen MR) is 117 cm³/mol. The number of hydrogen-bond donors (Lipinski definition) is 4. The number of benzene rings is 1. The van der Waals surface area contributed by atoms with E-state index in [0.717, 1.165) is 5.56 Å². The Bertz CT molecular complexity index is 940. The number of nitrogens with two attached hydrogens (primary N) is 2. The van der Waals surface area contributed by atoms with Crippen molar-refractivity contribution in [2.24, 2.45) is 5.92 Å². The molecule has 0 aliphatic heterocycles. The highest BCUT2D eigenvalue weighted by molar-refractivity contribution is 9.10. The van der Waals surface area contributed by atoms with Crippen LogP contribution in [0.15, 0.2) is 22.8 Å². The van der Waals surface area contributed by atoms with Gasteiger partial charge in [-0.2, -0.15) is 4.98 Å². The van der Waals surface area contributed by atoms with Crippen molar-refractivity contribution in [2.75, 3.05) is 25.2 Å². The van der Waals surface area contributed by atoms with Crippen LogP contribution in [0.4, 0.5) is 11.8 Å². The van der Waals surface area contributed by atoms with Crippen molar-refractivity contribution in [3.05, 3.63) is 33.9 Å². The Morgan fingerprint density at radius 3 is 2.52 bits per heavy atom. The SMILES string of the molecule is COc1cc(Cc2cnc(N)nc2N)cc(OCCC[C@@H](CCC(=O)O)C(=O)O)c1Br. The van der Waals surface area contributed by atoms with Gasteiger partial charge in [0.15, 0.2) is 0 Å². The molecule has 0 fully saturated rings. The molecule has 1 atom stereocenters. The molecule has 2 aromatic rings. The van der Waals surface area contributed by atoms with Crippen molar-refractivity contribution >= 4 is 39.6 Å². The quantitative estimate of drug-likeness (QED) is 0.320. The second-order valence-corrected chi connectivity index (χ2v) is 7.68. The summed E-state index contributed by atoms with van der Waals surface area (Å²) in [5.41, 5.74) is 13.0. The topological polar surface area (TPSA) is 171 Å². The van der Waals surface area contributed by atoms with Gasteiger partial charge < -0.3 is 31.2 Å². The van der Waals surface area contributed by atoms with E-state index in [-0.39, 0.29) is 31.2 Å². The number of aliphatic carboxylic acids is 2. The van der Waals surface area contributed by atoms with Gasteiger partial charge in [0, 0.05) is 24.6 Å². The molecule has 0 amide bonds. The van der Waals surface area contributed by atoms with E-state index in [1.165, 1.54) is 7.11 Å². The molecule has 0 aliphatic carbocycles. The molecular weight excluding hydrogens is 472 g/mol. The number of halogens is 1. The molecule has 0 saturated heterocycles. The highest BCUT2D eigenvalue weighted by atomic mass is 79.9. The molecule has 10 nitrogen and oxygen atoms in total. The Morgan fingerprint density at radius 2 is 1.90 bits per heavy atom. The molecule has 1 heterocycles. The number of anilines is 2. The van der Waals surface area contributed by atoms with E-state index in [9.17, 15) is 14.7 Å². The van der Waals surface area contributed by atoms with Gasteiger partial charge in [0.25, 0.3) is 0 Å². The van der Waals surface area contributed by atoms with Crippen LogP contribution in [-0.2, 0) is 16.0 Å². The summed E-state index contributed by atoms with van der Waals surface area (Å²) in [4.78, 5) is 29.9. The standard InChI is InChI=1S/C20H25BrN4O6/c1-30-14-8-11(7-13-10-24-20(23)25-18(13)22)9-15(17(14)21)31-6-2-3-12(19(28)29)4-5-16(26)27/h8-10,12H,2-7H2,1H3,(H,26,27)(H,28,29)(H4,22,23,24,25)/t12-/m0/s1. The summed E-state index contributed by atoms with van der Waals surface area (Å²) in [5.74, 6) is -1.26. The maximum atomic E-state index is 11.3. The number of carbonyl (C=O) groups is 2. The number of methoxy groups -OCH3 is 1.